The van der Waals surface area contributed by atoms with Crippen molar-refractivity contribution >= 4 is 29.5 Å². The van der Waals surface area contributed by atoms with E-state index in [1.54, 1.807) is 40.8 Å². The topological polar surface area (TPSA) is 93.6 Å². The summed E-state index contributed by atoms with van der Waals surface area (Å²) in [4.78, 5) is 50.1. The van der Waals surface area contributed by atoms with Gasteiger partial charge in [0.15, 0.2) is 0 Å². The highest BCUT2D eigenvalue weighted by molar-refractivity contribution is 8.02. The van der Waals surface area contributed by atoms with Crippen LogP contribution < -0.4 is 0 Å². The van der Waals surface area contributed by atoms with E-state index in [0.29, 0.717) is 39.3 Å². The highest BCUT2D eigenvalue weighted by atomic mass is 32.2. The van der Waals surface area contributed by atoms with E-state index in [9.17, 15) is 19.5 Å². The first-order chi connectivity index (χ1) is 18.7. The Bertz CT molecular complexity index is 943. The molecule has 4 saturated heterocycles. The average Bonchev–Trinajstić information content (AvgIpc) is 3.59. The summed E-state index contributed by atoms with van der Waals surface area (Å²) in [6.07, 6.45) is 5.70. The van der Waals surface area contributed by atoms with Crippen molar-refractivity contribution in [1.82, 2.24) is 19.6 Å². The molecule has 0 aromatic rings. The van der Waals surface area contributed by atoms with E-state index in [0.717, 1.165) is 32.5 Å². The zero-order valence-electron chi connectivity index (χ0n) is 23.8. The van der Waals surface area contributed by atoms with Gasteiger partial charge < -0.3 is 24.5 Å². The molecule has 7 atom stereocenters. The van der Waals surface area contributed by atoms with Gasteiger partial charge in [-0.2, -0.15) is 0 Å². The van der Waals surface area contributed by atoms with Crippen LogP contribution >= 0.6 is 11.8 Å². The van der Waals surface area contributed by atoms with Crippen LogP contribution in [0.4, 0.5) is 0 Å². The molecule has 4 aliphatic rings. The monoisotopic (exact) mass is 562 g/mol. The zero-order chi connectivity index (χ0) is 28.3. The fraction of sp³-hybridized carbons (Fsp3) is 0.759. The summed E-state index contributed by atoms with van der Waals surface area (Å²) in [5.74, 6) is -1.34. The van der Waals surface area contributed by atoms with Gasteiger partial charge in [0.2, 0.25) is 17.7 Å². The minimum Gasteiger partial charge on any atom is -0.394 e. The largest absolute Gasteiger partial charge is 0.394 e. The lowest BCUT2D eigenvalue weighted by Crippen LogP contribution is -2.59. The SMILES string of the molecule is C=CCN(C)C(=O)[C@@H]1[C@H]2C(=O)N([C@@H](CO)[C@@H](C)CC)C(C(=O)N(CC=C)CCN3CCOCC3)C23CC[C@H]1S3. The number of ether oxygens (including phenoxy) is 1. The average molecular weight is 563 g/mol. The van der Waals surface area contributed by atoms with Gasteiger partial charge >= 0.3 is 0 Å². The number of aliphatic hydroxyl groups excluding tert-OH is 1. The molecule has 4 rings (SSSR count). The van der Waals surface area contributed by atoms with Crippen LogP contribution in [-0.4, -0.2) is 131 Å². The summed E-state index contributed by atoms with van der Waals surface area (Å²) in [6.45, 7) is 16.6. The van der Waals surface area contributed by atoms with E-state index in [2.05, 4.69) is 18.1 Å². The second kappa shape index (κ2) is 12.7. The molecule has 0 aromatic carbocycles. The summed E-state index contributed by atoms with van der Waals surface area (Å²) in [5.41, 5.74) is 0. The van der Waals surface area contributed by atoms with Gasteiger partial charge in [-0.3, -0.25) is 19.3 Å². The molecular formula is C29H46N4O5S. The lowest BCUT2D eigenvalue weighted by Gasteiger charge is -2.41. The Hall–Kier alpha value is -1.88. The Morgan fingerprint density at radius 2 is 1.92 bits per heavy atom. The molecule has 4 aliphatic heterocycles. The highest BCUT2D eigenvalue weighted by Crippen LogP contribution is 2.67. The number of hydrogen-bond donors (Lipinski definition) is 1. The highest BCUT2D eigenvalue weighted by Gasteiger charge is 2.74. The van der Waals surface area contributed by atoms with E-state index >= 15 is 0 Å². The molecule has 9 nitrogen and oxygen atoms in total. The third kappa shape index (κ3) is 5.42. The van der Waals surface area contributed by atoms with Gasteiger partial charge in [0.1, 0.15) is 6.04 Å². The van der Waals surface area contributed by atoms with Crippen molar-refractivity contribution in [2.24, 2.45) is 17.8 Å². The van der Waals surface area contributed by atoms with Crippen LogP contribution in [-0.2, 0) is 19.1 Å². The van der Waals surface area contributed by atoms with Gasteiger partial charge in [-0.25, -0.2) is 0 Å². The number of morpholine rings is 1. The fourth-order valence-corrected chi connectivity index (χ4v) is 9.26. The molecule has 10 heteroatoms. The molecular weight excluding hydrogens is 516 g/mol. The Balaban J connectivity index is 1.70. The smallest absolute Gasteiger partial charge is 0.247 e. The van der Waals surface area contributed by atoms with Crippen LogP contribution in [0, 0.1) is 17.8 Å². The van der Waals surface area contributed by atoms with Crippen molar-refractivity contribution in [2.75, 3.05) is 66.1 Å². The summed E-state index contributed by atoms with van der Waals surface area (Å²) >= 11 is 1.68. The summed E-state index contributed by atoms with van der Waals surface area (Å²) in [7, 11) is 1.75. The normalized spacial score (nSPS) is 31.6. The second-order valence-corrected chi connectivity index (χ2v) is 13.1. The number of hydrogen-bond acceptors (Lipinski definition) is 7. The van der Waals surface area contributed by atoms with Crippen molar-refractivity contribution in [1.29, 1.82) is 0 Å². The van der Waals surface area contributed by atoms with E-state index in [4.69, 9.17) is 4.74 Å². The van der Waals surface area contributed by atoms with Gasteiger partial charge in [0, 0.05) is 51.6 Å². The lowest BCUT2D eigenvalue weighted by atomic mass is 9.70. The Morgan fingerprint density at radius 1 is 1.23 bits per heavy atom. The number of carbonyl (C=O) groups is 3. The number of fused-ring (bicyclic) bond motifs is 1. The number of likely N-dealkylation sites (N-methyl/N-ethyl adjacent to an activating group) is 1. The maximum atomic E-state index is 14.6. The quantitative estimate of drug-likeness (QED) is 0.340. The number of carbonyl (C=O) groups excluding carboxylic acids is 3. The molecule has 4 heterocycles. The molecule has 2 bridgehead atoms. The second-order valence-electron chi connectivity index (χ2n) is 11.5. The Kier molecular flexibility index (Phi) is 9.83. The minimum absolute atomic E-state index is 0.00507. The Labute approximate surface area is 237 Å². The number of likely N-dealkylation sites (tertiary alicyclic amines) is 1. The van der Waals surface area contributed by atoms with Gasteiger partial charge in [0.25, 0.3) is 0 Å². The number of aliphatic hydroxyl groups is 1. The van der Waals surface area contributed by atoms with Crippen molar-refractivity contribution in [3.63, 3.8) is 0 Å². The molecule has 1 spiro atoms. The zero-order valence-corrected chi connectivity index (χ0v) is 24.6. The predicted molar refractivity (Wildman–Crippen MR) is 153 cm³/mol. The van der Waals surface area contributed by atoms with Crippen LogP contribution in [0.2, 0.25) is 0 Å². The molecule has 39 heavy (non-hydrogen) atoms. The van der Waals surface area contributed by atoms with Crippen molar-refractivity contribution in [3.8, 4) is 0 Å². The molecule has 2 unspecified atom stereocenters. The summed E-state index contributed by atoms with van der Waals surface area (Å²) in [5, 5.41) is 10.5. The molecule has 0 saturated carbocycles. The molecule has 0 aromatic heterocycles. The first-order valence-electron chi connectivity index (χ1n) is 14.4. The predicted octanol–water partition coefficient (Wildman–Crippen LogP) is 1.48. The fourth-order valence-electron chi connectivity index (χ4n) is 7.07. The lowest BCUT2D eigenvalue weighted by molar-refractivity contribution is -0.148. The van der Waals surface area contributed by atoms with Gasteiger partial charge in [-0.05, 0) is 18.8 Å². The first kappa shape index (κ1) is 30.1. The number of nitrogens with zero attached hydrogens (tertiary/aromatic N) is 4. The third-order valence-corrected chi connectivity index (χ3v) is 11.3. The van der Waals surface area contributed by atoms with Crippen LogP contribution in [0.1, 0.15) is 33.1 Å². The molecule has 3 amide bonds. The van der Waals surface area contributed by atoms with Gasteiger partial charge in [-0.15, -0.1) is 24.9 Å². The third-order valence-electron chi connectivity index (χ3n) is 9.33. The van der Waals surface area contributed by atoms with Crippen LogP contribution in [0.25, 0.3) is 0 Å². The Morgan fingerprint density at radius 3 is 2.54 bits per heavy atom. The summed E-state index contributed by atoms with van der Waals surface area (Å²) in [6, 6.07) is -1.20. The molecule has 4 fully saturated rings. The minimum atomic E-state index is -0.719. The van der Waals surface area contributed by atoms with Crippen molar-refractivity contribution in [3.05, 3.63) is 25.3 Å². The van der Waals surface area contributed by atoms with Crippen LogP contribution in [0.15, 0.2) is 25.3 Å². The number of amides is 3. The maximum absolute atomic E-state index is 14.6. The van der Waals surface area contributed by atoms with E-state index in [1.165, 1.54) is 0 Å². The first-order valence-corrected chi connectivity index (χ1v) is 15.3. The van der Waals surface area contributed by atoms with Crippen LogP contribution in [0.3, 0.4) is 0 Å². The standard InChI is InChI=1S/C29H46N4O5S/c1-6-11-30(5)26(35)23-22-9-10-29(39-22)24(23)27(36)33(21(19-34)20(4)8-3)25(29)28(37)32(12-7-2)14-13-31-15-17-38-18-16-31/h6-7,20-25,34H,1-2,8-19H2,3-5H3/t20-,21-,22+,23-,24-,25?,29?/m0/s1. The molecule has 218 valence electrons. The summed E-state index contributed by atoms with van der Waals surface area (Å²) < 4.78 is 4.80. The number of rotatable bonds is 13. The van der Waals surface area contributed by atoms with Crippen molar-refractivity contribution < 1.29 is 24.2 Å². The molecule has 0 radical (unpaired) electrons. The van der Waals surface area contributed by atoms with Gasteiger partial charge in [0.05, 0.1) is 42.4 Å². The number of thioether (sulfide) groups is 1. The molecule has 0 aliphatic carbocycles. The molecule has 1 N–H and O–H groups in total. The van der Waals surface area contributed by atoms with Crippen molar-refractivity contribution in [2.45, 2.75) is 55.2 Å². The van der Waals surface area contributed by atoms with E-state index in [1.807, 2.05) is 18.7 Å². The maximum Gasteiger partial charge on any atom is 0.247 e. The van der Waals surface area contributed by atoms with E-state index in [-0.39, 0.29) is 35.5 Å². The van der Waals surface area contributed by atoms with Crippen LogP contribution in [0.5, 0.6) is 0 Å². The van der Waals surface area contributed by atoms with E-state index < -0.39 is 28.7 Å². The van der Waals surface area contributed by atoms with Gasteiger partial charge in [-0.1, -0.05) is 32.4 Å².